The van der Waals surface area contributed by atoms with Crippen molar-refractivity contribution >= 4 is 5.91 Å². The first-order valence-electron chi connectivity index (χ1n) is 5.44. The number of ether oxygens (including phenoxy) is 1. The summed E-state index contributed by atoms with van der Waals surface area (Å²) < 4.78 is 5.54. The molecule has 1 aliphatic rings. The Hall–Kier alpha value is -1.55. The van der Waals surface area contributed by atoms with Crippen LogP contribution in [0.2, 0.25) is 0 Å². The molecule has 0 saturated heterocycles. The van der Waals surface area contributed by atoms with Crippen molar-refractivity contribution in [3.63, 3.8) is 0 Å². The lowest BCUT2D eigenvalue weighted by Crippen LogP contribution is -2.34. The molecule has 16 heavy (non-hydrogen) atoms. The molecule has 0 aliphatic carbocycles. The monoisotopic (exact) mass is 220 g/mol. The van der Waals surface area contributed by atoms with Crippen LogP contribution in [0.5, 0.6) is 5.75 Å². The van der Waals surface area contributed by atoms with Gasteiger partial charge in [-0.2, -0.15) is 0 Å². The van der Waals surface area contributed by atoms with Crippen molar-refractivity contribution in [2.75, 3.05) is 26.7 Å². The normalized spacial score (nSPS) is 14.9. The summed E-state index contributed by atoms with van der Waals surface area (Å²) in [5.41, 5.74) is 7.17. The van der Waals surface area contributed by atoms with E-state index in [2.05, 4.69) is 0 Å². The first-order valence-corrected chi connectivity index (χ1v) is 5.44. The van der Waals surface area contributed by atoms with Crippen LogP contribution in [0.1, 0.15) is 15.9 Å². The van der Waals surface area contributed by atoms with E-state index in [-0.39, 0.29) is 5.91 Å². The number of nitrogens with zero attached hydrogens (tertiary/aromatic N) is 1. The maximum Gasteiger partial charge on any atom is 0.254 e. The molecule has 86 valence electrons. The molecule has 1 heterocycles. The molecule has 1 aliphatic heterocycles. The molecule has 0 bridgehead atoms. The molecule has 1 amide bonds. The van der Waals surface area contributed by atoms with E-state index < -0.39 is 0 Å². The van der Waals surface area contributed by atoms with Crippen molar-refractivity contribution in [1.82, 2.24) is 4.90 Å². The minimum absolute atomic E-state index is 0.0689. The molecule has 0 radical (unpaired) electrons. The summed E-state index contributed by atoms with van der Waals surface area (Å²) in [6.07, 6.45) is 0.846. The average molecular weight is 220 g/mol. The number of carbonyl (C=O) groups excluding carboxylic acids is 1. The molecule has 2 N–H and O–H groups in total. The number of rotatable bonds is 3. The molecule has 1 aromatic carbocycles. The average Bonchev–Trinajstić information content (AvgIpc) is 2.31. The zero-order valence-corrected chi connectivity index (χ0v) is 9.40. The second-order valence-electron chi connectivity index (χ2n) is 3.90. The molecule has 0 aromatic heterocycles. The van der Waals surface area contributed by atoms with E-state index in [9.17, 15) is 4.79 Å². The second-order valence-corrected chi connectivity index (χ2v) is 3.90. The Morgan fingerprint density at radius 2 is 2.31 bits per heavy atom. The fraction of sp³-hybridized carbons (Fsp3) is 0.417. The highest BCUT2D eigenvalue weighted by Gasteiger charge is 2.23. The van der Waals surface area contributed by atoms with E-state index in [0.29, 0.717) is 13.2 Å². The zero-order valence-electron chi connectivity index (χ0n) is 9.40. The van der Waals surface area contributed by atoms with Crippen LogP contribution in [0.4, 0.5) is 0 Å². The predicted octanol–water partition coefficient (Wildman–Crippen LogP) is 0.652. The molecule has 0 saturated carbocycles. The van der Waals surface area contributed by atoms with Crippen LogP contribution < -0.4 is 10.5 Å². The molecule has 1 aromatic rings. The van der Waals surface area contributed by atoms with Crippen molar-refractivity contribution in [3.8, 4) is 5.75 Å². The van der Waals surface area contributed by atoms with E-state index in [4.69, 9.17) is 10.5 Å². The van der Waals surface area contributed by atoms with Gasteiger partial charge in [0, 0.05) is 31.3 Å². The first-order chi connectivity index (χ1) is 7.74. The van der Waals surface area contributed by atoms with Gasteiger partial charge in [-0.3, -0.25) is 4.79 Å². The standard InChI is InChI=1S/C12H16N2O2/c1-14-7-5-9-10(12(14)15)3-2-4-11(9)16-8-6-13/h2-4H,5-8,13H2,1H3. The Labute approximate surface area is 95.0 Å². The second kappa shape index (κ2) is 4.53. The van der Waals surface area contributed by atoms with Gasteiger partial charge in [0.1, 0.15) is 12.4 Å². The largest absolute Gasteiger partial charge is 0.492 e. The van der Waals surface area contributed by atoms with Crippen LogP contribution in [-0.2, 0) is 6.42 Å². The molecule has 0 fully saturated rings. The molecular weight excluding hydrogens is 204 g/mol. The summed E-state index contributed by atoms with van der Waals surface area (Å²) in [4.78, 5) is 13.6. The minimum atomic E-state index is 0.0689. The quantitative estimate of drug-likeness (QED) is 0.813. The summed E-state index contributed by atoms with van der Waals surface area (Å²) in [7, 11) is 1.82. The fourth-order valence-electron chi connectivity index (χ4n) is 1.91. The van der Waals surface area contributed by atoms with Crippen LogP contribution in [-0.4, -0.2) is 37.6 Å². The number of nitrogens with two attached hydrogens (primary N) is 1. The lowest BCUT2D eigenvalue weighted by molar-refractivity contribution is 0.0779. The van der Waals surface area contributed by atoms with Crippen LogP contribution in [0.15, 0.2) is 18.2 Å². The van der Waals surface area contributed by atoms with Crippen molar-refractivity contribution in [1.29, 1.82) is 0 Å². The molecule has 0 spiro atoms. The Morgan fingerprint density at radius 3 is 3.06 bits per heavy atom. The molecule has 0 atom stereocenters. The number of hydrogen-bond donors (Lipinski definition) is 1. The Bertz CT molecular complexity index is 404. The predicted molar refractivity (Wildman–Crippen MR) is 61.7 cm³/mol. The summed E-state index contributed by atoms with van der Waals surface area (Å²) in [5.74, 6) is 0.865. The van der Waals surface area contributed by atoms with Crippen molar-refractivity contribution in [2.24, 2.45) is 5.73 Å². The number of benzene rings is 1. The number of fused-ring (bicyclic) bond motifs is 1. The highest BCUT2D eigenvalue weighted by Crippen LogP contribution is 2.27. The third kappa shape index (κ3) is 1.88. The van der Waals surface area contributed by atoms with Gasteiger partial charge in [0.15, 0.2) is 0 Å². The van der Waals surface area contributed by atoms with Crippen LogP contribution in [0.25, 0.3) is 0 Å². The number of carbonyl (C=O) groups is 1. The molecular formula is C12H16N2O2. The molecule has 2 rings (SSSR count). The lowest BCUT2D eigenvalue weighted by Gasteiger charge is -2.26. The van der Waals surface area contributed by atoms with Gasteiger partial charge in [-0.1, -0.05) is 6.07 Å². The summed E-state index contributed by atoms with van der Waals surface area (Å²) in [6, 6.07) is 5.59. The molecule has 4 nitrogen and oxygen atoms in total. The highest BCUT2D eigenvalue weighted by atomic mass is 16.5. The Kier molecular flexibility index (Phi) is 3.10. The third-order valence-electron chi connectivity index (χ3n) is 2.78. The van der Waals surface area contributed by atoms with Crippen molar-refractivity contribution in [2.45, 2.75) is 6.42 Å². The highest BCUT2D eigenvalue weighted by molar-refractivity contribution is 5.97. The minimum Gasteiger partial charge on any atom is -0.492 e. The maximum atomic E-state index is 11.9. The number of amides is 1. The Balaban J connectivity index is 2.33. The first kappa shape index (κ1) is 11.0. The van der Waals surface area contributed by atoms with Gasteiger partial charge >= 0.3 is 0 Å². The SMILES string of the molecule is CN1CCc2c(OCCN)cccc2C1=O. The summed E-state index contributed by atoms with van der Waals surface area (Å²) in [5, 5.41) is 0. The van der Waals surface area contributed by atoms with Gasteiger partial charge in [-0.05, 0) is 18.6 Å². The van der Waals surface area contributed by atoms with Crippen LogP contribution in [0.3, 0.4) is 0 Å². The Morgan fingerprint density at radius 1 is 1.50 bits per heavy atom. The van der Waals surface area contributed by atoms with E-state index in [1.807, 2.05) is 25.2 Å². The number of likely N-dealkylation sites (N-methyl/N-ethyl adjacent to an activating group) is 1. The smallest absolute Gasteiger partial charge is 0.254 e. The lowest BCUT2D eigenvalue weighted by atomic mass is 9.98. The fourth-order valence-corrected chi connectivity index (χ4v) is 1.91. The maximum absolute atomic E-state index is 11.9. The van der Waals surface area contributed by atoms with E-state index >= 15 is 0 Å². The van der Waals surface area contributed by atoms with Gasteiger partial charge in [0.25, 0.3) is 5.91 Å². The van der Waals surface area contributed by atoms with Gasteiger partial charge < -0.3 is 15.4 Å². The summed E-state index contributed by atoms with van der Waals surface area (Å²) in [6.45, 7) is 1.72. The van der Waals surface area contributed by atoms with E-state index in [0.717, 1.165) is 29.8 Å². The van der Waals surface area contributed by atoms with Gasteiger partial charge in [-0.15, -0.1) is 0 Å². The van der Waals surface area contributed by atoms with Crippen LogP contribution >= 0.6 is 0 Å². The summed E-state index contributed by atoms with van der Waals surface area (Å²) >= 11 is 0. The van der Waals surface area contributed by atoms with Crippen LogP contribution in [0, 0.1) is 0 Å². The van der Waals surface area contributed by atoms with Crippen molar-refractivity contribution < 1.29 is 9.53 Å². The zero-order chi connectivity index (χ0) is 11.5. The number of hydrogen-bond acceptors (Lipinski definition) is 3. The van der Waals surface area contributed by atoms with E-state index in [1.165, 1.54) is 0 Å². The van der Waals surface area contributed by atoms with Gasteiger partial charge in [0.05, 0.1) is 0 Å². The topological polar surface area (TPSA) is 55.6 Å². The van der Waals surface area contributed by atoms with Gasteiger partial charge in [0.2, 0.25) is 0 Å². The van der Waals surface area contributed by atoms with Gasteiger partial charge in [-0.25, -0.2) is 0 Å². The molecule has 4 heteroatoms. The molecule has 0 unspecified atom stereocenters. The van der Waals surface area contributed by atoms with Crippen molar-refractivity contribution in [3.05, 3.63) is 29.3 Å². The third-order valence-corrected chi connectivity index (χ3v) is 2.78. The van der Waals surface area contributed by atoms with E-state index in [1.54, 1.807) is 4.90 Å².